The Bertz CT molecular complexity index is 971. The third-order valence-electron chi connectivity index (χ3n) is 5.36. The molecule has 1 aromatic heterocycles. The summed E-state index contributed by atoms with van der Waals surface area (Å²) in [6.45, 7) is 9.40. The van der Waals surface area contributed by atoms with Crippen LogP contribution in [-0.4, -0.2) is 55.1 Å². The summed E-state index contributed by atoms with van der Waals surface area (Å²) in [6, 6.07) is 11.6. The molecule has 1 aliphatic rings. The normalized spacial score (nSPS) is 15.1. The van der Waals surface area contributed by atoms with Gasteiger partial charge in [0, 0.05) is 44.8 Å². The van der Waals surface area contributed by atoms with Crippen LogP contribution < -0.4 is 10.2 Å². The molecule has 0 radical (unpaired) electrons. The number of halogens is 1. The monoisotopic (exact) mass is 428 g/mol. The van der Waals surface area contributed by atoms with E-state index in [0.717, 1.165) is 64.2 Å². The van der Waals surface area contributed by atoms with Gasteiger partial charge in [-0.05, 0) is 37.6 Å². The smallest absolute Gasteiger partial charge is 0.251 e. The lowest BCUT2D eigenvalue weighted by Gasteiger charge is -2.34. The number of rotatable bonds is 5. The van der Waals surface area contributed by atoms with E-state index in [1.165, 1.54) is 0 Å². The van der Waals surface area contributed by atoms with Crippen molar-refractivity contribution in [1.82, 2.24) is 15.2 Å². The topological polar surface area (TPSA) is 48.5 Å². The lowest BCUT2D eigenvalue weighted by molar-refractivity contribution is 0.0948. The molecular formula is C22H25ClN4OS. The van der Waals surface area contributed by atoms with Crippen molar-refractivity contribution in [1.29, 1.82) is 0 Å². The van der Waals surface area contributed by atoms with E-state index in [1.54, 1.807) is 11.3 Å². The fraction of sp³-hybridized carbons (Fsp3) is 0.364. The van der Waals surface area contributed by atoms with Crippen LogP contribution in [0.2, 0.25) is 5.02 Å². The number of carbonyl (C=O) groups excluding carboxylic acids is 1. The maximum absolute atomic E-state index is 12.2. The van der Waals surface area contributed by atoms with Gasteiger partial charge in [-0.3, -0.25) is 9.69 Å². The highest BCUT2D eigenvalue weighted by Crippen LogP contribution is 2.35. The Labute approximate surface area is 180 Å². The molecule has 5 nitrogen and oxygen atoms in total. The average molecular weight is 429 g/mol. The van der Waals surface area contributed by atoms with Crippen molar-refractivity contribution in [3.63, 3.8) is 0 Å². The van der Waals surface area contributed by atoms with Gasteiger partial charge in [0.05, 0.1) is 15.2 Å². The number of amides is 1. The highest BCUT2D eigenvalue weighted by Gasteiger charge is 2.21. The second-order valence-corrected chi connectivity index (χ2v) is 8.87. The minimum absolute atomic E-state index is 0.00893. The molecule has 1 amide bonds. The van der Waals surface area contributed by atoms with E-state index in [0.29, 0.717) is 12.1 Å². The van der Waals surface area contributed by atoms with Crippen molar-refractivity contribution >= 4 is 44.2 Å². The van der Waals surface area contributed by atoms with Crippen LogP contribution in [0, 0.1) is 13.8 Å². The minimum Gasteiger partial charge on any atom is -0.351 e. The molecule has 7 heteroatoms. The molecule has 152 valence electrons. The van der Waals surface area contributed by atoms with Crippen molar-refractivity contribution in [3.05, 3.63) is 58.1 Å². The number of aryl methyl sites for hydroxylation is 2. The van der Waals surface area contributed by atoms with Crippen LogP contribution in [-0.2, 0) is 0 Å². The third kappa shape index (κ3) is 4.55. The summed E-state index contributed by atoms with van der Waals surface area (Å²) < 4.78 is 1.07. The number of nitrogens with zero attached hydrogens (tertiary/aromatic N) is 3. The number of hydrogen-bond acceptors (Lipinski definition) is 5. The number of piperazine rings is 1. The van der Waals surface area contributed by atoms with Gasteiger partial charge >= 0.3 is 0 Å². The molecule has 2 aromatic carbocycles. The van der Waals surface area contributed by atoms with Crippen LogP contribution in [0.5, 0.6) is 0 Å². The molecule has 1 aliphatic heterocycles. The summed E-state index contributed by atoms with van der Waals surface area (Å²) in [5.74, 6) is -0.00893. The Hall–Kier alpha value is -2.15. The quantitative estimate of drug-likeness (QED) is 0.664. The first-order chi connectivity index (χ1) is 14.0. The molecule has 3 aromatic rings. The van der Waals surface area contributed by atoms with E-state index in [2.05, 4.69) is 22.0 Å². The van der Waals surface area contributed by atoms with Gasteiger partial charge in [-0.25, -0.2) is 4.98 Å². The third-order valence-corrected chi connectivity index (χ3v) is 6.93. The first kappa shape index (κ1) is 20.1. The van der Waals surface area contributed by atoms with Crippen LogP contribution in [0.15, 0.2) is 36.4 Å². The Morgan fingerprint density at radius 2 is 1.83 bits per heavy atom. The van der Waals surface area contributed by atoms with Gasteiger partial charge in [-0.15, -0.1) is 0 Å². The summed E-state index contributed by atoms with van der Waals surface area (Å²) >= 11 is 8.02. The van der Waals surface area contributed by atoms with Crippen LogP contribution in [0.3, 0.4) is 0 Å². The molecule has 4 rings (SSSR count). The average Bonchev–Trinajstić information content (AvgIpc) is 3.19. The summed E-state index contributed by atoms with van der Waals surface area (Å²) in [5.41, 5.74) is 4.05. The summed E-state index contributed by atoms with van der Waals surface area (Å²) in [4.78, 5) is 21.8. The van der Waals surface area contributed by atoms with E-state index >= 15 is 0 Å². The van der Waals surface area contributed by atoms with Gasteiger partial charge in [0.2, 0.25) is 0 Å². The molecule has 1 N–H and O–H groups in total. The van der Waals surface area contributed by atoms with Gasteiger partial charge < -0.3 is 10.2 Å². The summed E-state index contributed by atoms with van der Waals surface area (Å²) in [7, 11) is 0. The van der Waals surface area contributed by atoms with Crippen molar-refractivity contribution < 1.29 is 4.79 Å². The molecule has 29 heavy (non-hydrogen) atoms. The SMILES string of the molecule is Cc1ccc(C(=O)NCCN2CCN(c3nc4c(C)ccc(Cl)c4s3)CC2)cc1. The molecule has 1 fully saturated rings. The summed E-state index contributed by atoms with van der Waals surface area (Å²) in [5, 5.41) is 4.84. The van der Waals surface area contributed by atoms with Gasteiger partial charge in [0.25, 0.3) is 5.91 Å². The first-order valence-electron chi connectivity index (χ1n) is 9.89. The predicted octanol–water partition coefficient (Wildman–Crippen LogP) is 4.12. The van der Waals surface area contributed by atoms with E-state index in [1.807, 2.05) is 43.3 Å². The second-order valence-electron chi connectivity index (χ2n) is 7.49. The second kappa shape index (κ2) is 8.69. The van der Waals surface area contributed by atoms with Gasteiger partial charge in [0.1, 0.15) is 0 Å². The van der Waals surface area contributed by atoms with E-state index in [-0.39, 0.29) is 5.91 Å². The molecule has 1 saturated heterocycles. The fourth-order valence-corrected chi connectivity index (χ4v) is 4.89. The van der Waals surface area contributed by atoms with Crippen molar-refractivity contribution in [2.45, 2.75) is 13.8 Å². The zero-order valence-corrected chi connectivity index (χ0v) is 18.3. The van der Waals surface area contributed by atoms with E-state index in [4.69, 9.17) is 16.6 Å². The molecule has 0 bridgehead atoms. The van der Waals surface area contributed by atoms with Crippen molar-refractivity contribution in [2.24, 2.45) is 0 Å². The lowest BCUT2D eigenvalue weighted by atomic mass is 10.1. The van der Waals surface area contributed by atoms with E-state index < -0.39 is 0 Å². The molecule has 0 saturated carbocycles. The Kier molecular flexibility index (Phi) is 6.04. The minimum atomic E-state index is -0.00893. The molecule has 0 unspecified atom stereocenters. The Morgan fingerprint density at radius 3 is 2.52 bits per heavy atom. The number of fused-ring (bicyclic) bond motifs is 1. The molecule has 0 atom stereocenters. The van der Waals surface area contributed by atoms with Crippen LogP contribution in [0.1, 0.15) is 21.5 Å². The molecular weight excluding hydrogens is 404 g/mol. The number of thiazole rings is 1. The zero-order valence-electron chi connectivity index (χ0n) is 16.7. The van der Waals surface area contributed by atoms with Crippen LogP contribution >= 0.6 is 22.9 Å². The zero-order chi connectivity index (χ0) is 20.4. The highest BCUT2D eigenvalue weighted by molar-refractivity contribution is 7.22. The van der Waals surface area contributed by atoms with Crippen molar-refractivity contribution in [3.8, 4) is 0 Å². The predicted molar refractivity (Wildman–Crippen MR) is 122 cm³/mol. The molecule has 0 spiro atoms. The van der Waals surface area contributed by atoms with Gasteiger partial charge in [0.15, 0.2) is 5.13 Å². The number of carbonyl (C=O) groups is 1. The molecule has 0 aliphatic carbocycles. The first-order valence-corrected chi connectivity index (χ1v) is 11.1. The number of hydrogen-bond donors (Lipinski definition) is 1. The van der Waals surface area contributed by atoms with Gasteiger partial charge in [-0.2, -0.15) is 0 Å². The number of anilines is 1. The largest absolute Gasteiger partial charge is 0.351 e. The fourth-order valence-electron chi connectivity index (χ4n) is 3.52. The maximum atomic E-state index is 12.2. The van der Waals surface area contributed by atoms with Crippen LogP contribution in [0.4, 0.5) is 5.13 Å². The number of benzene rings is 2. The molecule has 2 heterocycles. The Balaban J connectivity index is 1.27. The van der Waals surface area contributed by atoms with E-state index in [9.17, 15) is 4.79 Å². The highest BCUT2D eigenvalue weighted by atomic mass is 35.5. The standard InChI is InChI=1S/C22H25ClN4OS/c1-15-3-6-17(7-4-15)21(28)24-9-10-26-11-13-27(14-12-26)22-25-19-16(2)5-8-18(23)20(19)29-22/h3-8H,9-14H2,1-2H3,(H,24,28). The van der Waals surface area contributed by atoms with Crippen LogP contribution in [0.25, 0.3) is 10.2 Å². The van der Waals surface area contributed by atoms with Gasteiger partial charge in [-0.1, -0.05) is 46.7 Å². The van der Waals surface area contributed by atoms with Crippen molar-refractivity contribution in [2.75, 3.05) is 44.2 Å². The number of nitrogens with one attached hydrogen (secondary N) is 1. The maximum Gasteiger partial charge on any atom is 0.251 e. The summed E-state index contributed by atoms with van der Waals surface area (Å²) in [6.07, 6.45) is 0. The number of aromatic nitrogens is 1. The Morgan fingerprint density at radius 1 is 1.10 bits per heavy atom. The lowest BCUT2D eigenvalue weighted by Crippen LogP contribution is -2.48.